The van der Waals surface area contributed by atoms with E-state index in [2.05, 4.69) is 46.0 Å². The summed E-state index contributed by atoms with van der Waals surface area (Å²) < 4.78 is 11.1. The molecule has 0 aliphatic carbocycles. The van der Waals surface area contributed by atoms with Gasteiger partial charge in [-0.2, -0.15) is 0 Å². The second-order valence-electron chi connectivity index (χ2n) is 6.28. The first-order chi connectivity index (χ1) is 8.81. The molecule has 1 aromatic rings. The number of methoxy groups -OCH3 is 1. The van der Waals surface area contributed by atoms with Gasteiger partial charge in [-0.05, 0) is 32.8 Å². The highest BCUT2D eigenvalue weighted by Gasteiger charge is 2.12. The molecule has 0 aromatic heterocycles. The molecule has 0 saturated carbocycles. The maximum absolute atomic E-state index is 5.89. The number of ether oxygens (including phenoxy) is 2. The van der Waals surface area contributed by atoms with Crippen molar-refractivity contribution in [3.05, 3.63) is 23.8 Å². The summed E-state index contributed by atoms with van der Waals surface area (Å²) in [5.41, 5.74) is 1.26. The van der Waals surface area contributed by atoms with Gasteiger partial charge in [0.05, 0.1) is 13.7 Å². The number of benzene rings is 1. The molecule has 1 rings (SSSR count). The van der Waals surface area contributed by atoms with Crippen LogP contribution in [0.15, 0.2) is 18.2 Å². The predicted molar refractivity (Wildman–Crippen MR) is 79.9 cm³/mol. The number of hydrogen-bond acceptors (Lipinski definition) is 3. The molecule has 19 heavy (non-hydrogen) atoms. The van der Waals surface area contributed by atoms with Gasteiger partial charge in [-0.25, -0.2) is 0 Å². The molecule has 0 fully saturated rings. The van der Waals surface area contributed by atoms with Gasteiger partial charge in [-0.1, -0.05) is 19.9 Å². The molecule has 108 valence electrons. The van der Waals surface area contributed by atoms with Gasteiger partial charge in [-0.15, -0.1) is 0 Å². The zero-order valence-electron chi connectivity index (χ0n) is 13.0. The van der Waals surface area contributed by atoms with Gasteiger partial charge >= 0.3 is 0 Å². The van der Waals surface area contributed by atoms with E-state index < -0.39 is 0 Å². The molecule has 0 saturated heterocycles. The first-order valence-electron chi connectivity index (χ1n) is 6.86. The molecular weight excluding hydrogens is 238 g/mol. The predicted octanol–water partition coefficient (Wildman–Crippen LogP) is 3.62. The fraction of sp³-hybridized carbons (Fsp3) is 0.625. The van der Waals surface area contributed by atoms with Crippen molar-refractivity contribution >= 4 is 0 Å². The van der Waals surface area contributed by atoms with E-state index in [9.17, 15) is 0 Å². The van der Waals surface area contributed by atoms with Crippen molar-refractivity contribution in [3.8, 4) is 11.5 Å². The standard InChI is InChI=1S/C16H27NO2/c1-12(2)11-19-15-9-14(18-6)8-7-13(15)10-17-16(3,4)5/h7-9,12,17H,10-11H2,1-6H3. The summed E-state index contributed by atoms with van der Waals surface area (Å²) in [7, 11) is 1.68. The highest BCUT2D eigenvalue weighted by atomic mass is 16.5. The van der Waals surface area contributed by atoms with Crippen molar-refractivity contribution in [1.29, 1.82) is 0 Å². The van der Waals surface area contributed by atoms with E-state index in [0.29, 0.717) is 5.92 Å². The molecule has 0 unspecified atom stereocenters. The minimum absolute atomic E-state index is 0.0925. The molecule has 0 bridgehead atoms. The Kier molecular flexibility index (Phi) is 5.67. The van der Waals surface area contributed by atoms with Crippen molar-refractivity contribution in [2.75, 3.05) is 13.7 Å². The van der Waals surface area contributed by atoms with Gasteiger partial charge in [-0.3, -0.25) is 0 Å². The van der Waals surface area contributed by atoms with Crippen molar-refractivity contribution in [2.45, 2.75) is 46.7 Å². The number of rotatable bonds is 6. The monoisotopic (exact) mass is 265 g/mol. The van der Waals surface area contributed by atoms with E-state index in [1.54, 1.807) is 7.11 Å². The van der Waals surface area contributed by atoms with Gasteiger partial charge in [0.15, 0.2) is 0 Å². The van der Waals surface area contributed by atoms with E-state index in [1.165, 1.54) is 0 Å². The Hall–Kier alpha value is -1.22. The van der Waals surface area contributed by atoms with Crippen molar-refractivity contribution < 1.29 is 9.47 Å². The van der Waals surface area contributed by atoms with E-state index in [0.717, 1.165) is 30.2 Å². The molecule has 0 amide bonds. The third-order valence-corrected chi connectivity index (χ3v) is 2.66. The number of nitrogens with one attached hydrogen (secondary N) is 1. The molecule has 0 aliphatic rings. The van der Waals surface area contributed by atoms with Crippen LogP contribution in [0.4, 0.5) is 0 Å². The van der Waals surface area contributed by atoms with Crippen LogP contribution in [0.2, 0.25) is 0 Å². The van der Waals surface area contributed by atoms with Crippen LogP contribution in [0.3, 0.4) is 0 Å². The quantitative estimate of drug-likeness (QED) is 0.852. The molecule has 0 radical (unpaired) electrons. The van der Waals surface area contributed by atoms with Crippen LogP contribution in [0.5, 0.6) is 11.5 Å². The fourth-order valence-corrected chi connectivity index (χ4v) is 1.56. The number of hydrogen-bond donors (Lipinski definition) is 1. The molecule has 0 spiro atoms. The Morgan fingerprint density at radius 3 is 2.42 bits per heavy atom. The molecular formula is C16H27NO2. The Labute approximate surface area is 117 Å². The molecule has 0 heterocycles. The van der Waals surface area contributed by atoms with Crippen molar-refractivity contribution in [3.63, 3.8) is 0 Å². The molecule has 3 nitrogen and oxygen atoms in total. The smallest absolute Gasteiger partial charge is 0.127 e. The highest BCUT2D eigenvalue weighted by Crippen LogP contribution is 2.25. The minimum atomic E-state index is 0.0925. The fourth-order valence-electron chi connectivity index (χ4n) is 1.56. The highest BCUT2D eigenvalue weighted by molar-refractivity contribution is 5.40. The van der Waals surface area contributed by atoms with Crippen LogP contribution in [-0.2, 0) is 6.54 Å². The van der Waals surface area contributed by atoms with Crippen LogP contribution in [0.1, 0.15) is 40.2 Å². The first-order valence-corrected chi connectivity index (χ1v) is 6.86. The van der Waals surface area contributed by atoms with Crippen LogP contribution >= 0.6 is 0 Å². The summed E-state index contributed by atoms with van der Waals surface area (Å²) in [6.45, 7) is 12.3. The summed E-state index contributed by atoms with van der Waals surface area (Å²) in [5, 5.41) is 3.48. The van der Waals surface area contributed by atoms with E-state index in [4.69, 9.17) is 9.47 Å². The van der Waals surface area contributed by atoms with Crippen LogP contribution in [0, 0.1) is 5.92 Å². The normalized spacial score (nSPS) is 11.7. The lowest BCUT2D eigenvalue weighted by atomic mass is 10.1. The lowest BCUT2D eigenvalue weighted by Gasteiger charge is -2.22. The minimum Gasteiger partial charge on any atom is -0.497 e. The Balaban J connectivity index is 2.82. The molecule has 1 aromatic carbocycles. The largest absolute Gasteiger partial charge is 0.497 e. The lowest BCUT2D eigenvalue weighted by molar-refractivity contribution is 0.265. The van der Waals surface area contributed by atoms with Crippen molar-refractivity contribution in [1.82, 2.24) is 5.32 Å². The summed E-state index contributed by atoms with van der Waals surface area (Å²) >= 11 is 0. The van der Waals surface area contributed by atoms with E-state index in [1.807, 2.05) is 12.1 Å². The maximum Gasteiger partial charge on any atom is 0.127 e. The average Bonchev–Trinajstić information content (AvgIpc) is 2.33. The van der Waals surface area contributed by atoms with Gasteiger partial charge in [0.1, 0.15) is 11.5 Å². The third-order valence-electron chi connectivity index (χ3n) is 2.66. The van der Waals surface area contributed by atoms with Gasteiger partial charge < -0.3 is 14.8 Å². The van der Waals surface area contributed by atoms with E-state index in [-0.39, 0.29) is 5.54 Å². The Morgan fingerprint density at radius 2 is 1.89 bits per heavy atom. The summed E-state index contributed by atoms with van der Waals surface area (Å²) in [5.74, 6) is 2.25. The maximum atomic E-state index is 5.89. The van der Waals surface area contributed by atoms with Crippen LogP contribution < -0.4 is 14.8 Å². The molecule has 0 aliphatic heterocycles. The summed E-state index contributed by atoms with van der Waals surface area (Å²) in [6, 6.07) is 6.00. The van der Waals surface area contributed by atoms with Crippen LogP contribution in [0.25, 0.3) is 0 Å². The van der Waals surface area contributed by atoms with E-state index >= 15 is 0 Å². The molecule has 0 atom stereocenters. The van der Waals surface area contributed by atoms with Gasteiger partial charge in [0.25, 0.3) is 0 Å². The zero-order valence-corrected chi connectivity index (χ0v) is 13.0. The van der Waals surface area contributed by atoms with Gasteiger partial charge in [0, 0.05) is 23.7 Å². The average molecular weight is 265 g/mol. The molecule has 1 N–H and O–H groups in total. The van der Waals surface area contributed by atoms with Crippen LogP contribution in [-0.4, -0.2) is 19.3 Å². The summed E-state index contributed by atoms with van der Waals surface area (Å²) in [6.07, 6.45) is 0. The topological polar surface area (TPSA) is 30.5 Å². The SMILES string of the molecule is COc1ccc(CNC(C)(C)C)c(OCC(C)C)c1. The lowest BCUT2D eigenvalue weighted by Crippen LogP contribution is -2.35. The second-order valence-corrected chi connectivity index (χ2v) is 6.28. The second kappa shape index (κ2) is 6.80. The Morgan fingerprint density at radius 1 is 1.21 bits per heavy atom. The molecule has 3 heteroatoms. The first kappa shape index (κ1) is 15.8. The van der Waals surface area contributed by atoms with Gasteiger partial charge in [0.2, 0.25) is 0 Å². The Bertz CT molecular complexity index is 394. The van der Waals surface area contributed by atoms with Crippen molar-refractivity contribution in [2.24, 2.45) is 5.92 Å². The third kappa shape index (κ3) is 5.97. The summed E-state index contributed by atoms with van der Waals surface area (Å²) in [4.78, 5) is 0. The zero-order chi connectivity index (χ0) is 14.5.